The molecule has 0 aliphatic rings. The molecule has 0 fully saturated rings. The van der Waals surface area contributed by atoms with Gasteiger partial charge < -0.3 is 21.9 Å². The summed E-state index contributed by atoms with van der Waals surface area (Å²) in [7, 11) is 0. The molecule has 0 heterocycles. The third kappa shape index (κ3) is 1.92. The lowest BCUT2D eigenvalue weighted by Crippen LogP contribution is -2.00. The van der Waals surface area contributed by atoms with Crippen molar-refractivity contribution in [1.29, 1.82) is 0 Å². The van der Waals surface area contributed by atoms with Crippen LogP contribution in [0.4, 0.5) is 11.4 Å². The van der Waals surface area contributed by atoms with Crippen LogP contribution in [-0.4, -0.2) is 22.8 Å². The van der Waals surface area contributed by atoms with E-state index in [2.05, 4.69) is 10.3 Å². The number of anilines is 2. The molecular formula is C8H10N4O2. The van der Waals surface area contributed by atoms with E-state index in [1.54, 1.807) is 6.07 Å². The second kappa shape index (κ2) is 4.13. The highest BCUT2D eigenvalue weighted by Crippen LogP contribution is 2.18. The molecule has 0 amide bonds. The van der Waals surface area contributed by atoms with Crippen molar-refractivity contribution in [3.63, 3.8) is 0 Å². The van der Waals surface area contributed by atoms with Gasteiger partial charge in [-0.3, -0.25) is 0 Å². The van der Waals surface area contributed by atoms with Crippen LogP contribution in [-0.2, 0) is 0 Å². The van der Waals surface area contributed by atoms with E-state index < -0.39 is 0 Å². The number of benzene rings is 1. The van der Waals surface area contributed by atoms with Gasteiger partial charge in [-0.15, -0.1) is 0 Å². The molecule has 6 heteroatoms. The van der Waals surface area contributed by atoms with Gasteiger partial charge in [-0.1, -0.05) is 10.3 Å². The van der Waals surface area contributed by atoms with E-state index in [4.69, 9.17) is 21.9 Å². The number of nitrogen functional groups attached to an aromatic ring is 2. The lowest BCUT2D eigenvalue weighted by atomic mass is 10.1. The molecule has 0 unspecified atom stereocenters. The molecule has 6 nitrogen and oxygen atoms in total. The minimum atomic E-state index is 0.385. The lowest BCUT2D eigenvalue weighted by molar-refractivity contribution is 0.322. The summed E-state index contributed by atoms with van der Waals surface area (Å²) >= 11 is 0. The molecule has 0 atom stereocenters. The highest BCUT2D eigenvalue weighted by Gasteiger charge is 2.02. The summed E-state index contributed by atoms with van der Waals surface area (Å²) in [6.45, 7) is 0. The quantitative estimate of drug-likeness (QED) is 0.237. The van der Waals surface area contributed by atoms with E-state index in [0.717, 1.165) is 0 Å². The van der Waals surface area contributed by atoms with Gasteiger partial charge in [0.15, 0.2) is 0 Å². The fraction of sp³-hybridized carbons (Fsp3) is 0. The molecule has 14 heavy (non-hydrogen) atoms. The van der Waals surface area contributed by atoms with Crippen LogP contribution in [0.5, 0.6) is 0 Å². The smallest absolute Gasteiger partial charge is 0.0754 e. The number of nitrogens with zero attached hydrogens (tertiary/aromatic N) is 2. The van der Waals surface area contributed by atoms with Crippen molar-refractivity contribution >= 4 is 23.8 Å². The molecule has 0 aliphatic carbocycles. The van der Waals surface area contributed by atoms with Crippen molar-refractivity contribution < 1.29 is 10.4 Å². The summed E-state index contributed by atoms with van der Waals surface area (Å²) in [5, 5.41) is 22.4. The van der Waals surface area contributed by atoms with Gasteiger partial charge >= 0.3 is 0 Å². The largest absolute Gasteiger partial charge is 0.411 e. The van der Waals surface area contributed by atoms with E-state index in [0.29, 0.717) is 22.5 Å². The summed E-state index contributed by atoms with van der Waals surface area (Å²) < 4.78 is 0. The Balaban J connectivity index is 3.26. The Morgan fingerprint density at radius 2 is 1.36 bits per heavy atom. The van der Waals surface area contributed by atoms with E-state index in [-0.39, 0.29) is 0 Å². The predicted molar refractivity (Wildman–Crippen MR) is 54.0 cm³/mol. The molecule has 0 saturated heterocycles. The van der Waals surface area contributed by atoms with E-state index in [1.165, 1.54) is 18.5 Å². The molecule has 74 valence electrons. The van der Waals surface area contributed by atoms with Gasteiger partial charge in [-0.2, -0.15) is 0 Å². The van der Waals surface area contributed by atoms with Crippen LogP contribution >= 0.6 is 0 Å². The summed E-state index contributed by atoms with van der Waals surface area (Å²) in [6, 6.07) is 3.04. The third-order valence-corrected chi connectivity index (χ3v) is 1.68. The molecule has 1 aromatic carbocycles. The number of rotatable bonds is 2. The van der Waals surface area contributed by atoms with Crippen LogP contribution < -0.4 is 11.5 Å². The Hall–Kier alpha value is -2.24. The van der Waals surface area contributed by atoms with Crippen LogP contribution in [0.25, 0.3) is 0 Å². The molecule has 0 radical (unpaired) electrons. The van der Waals surface area contributed by atoms with Crippen molar-refractivity contribution in [2.45, 2.75) is 0 Å². The van der Waals surface area contributed by atoms with Crippen LogP contribution in [0.3, 0.4) is 0 Å². The van der Waals surface area contributed by atoms with E-state index in [9.17, 15) is 0 Å². The Bertz CT molecular complexity index is 354. The average Bonchev–Trinajstić information content (AvgIpc) is 2.14. The van der Waals surface area contributed by atoms with Gasteiger partial charge in [0.1, 0.15) is 0 Å². The summed E-state index contributed by atoms with van der Waals surface area (Å²) in [4.78, 5) is 0. The van der Waals surface area contributed by atoms with Crippen molar-refractivity contribution in [1.82, 2.24) is 0 Å². The first kappa shape index (κ1) is 9.85. The molecule has 1 aromatic rings. The zero-order chi connectivity index (χ0) is 10.6. The van der Waals surface area contributed by atoms with Gasteiger partial charge in [0.05, 0.1) is 12.4 Å². The van der Waals surface area contributed by atoms with E-state index in [1.807, 2.05) is 0 Å². The SMILES string of the molecule is Nc1cc(N)c(/C=N/O)cc1/C=N/O. The predicted octanol–water partition coefficient (Wildman–Crippen LogP) is 0.467. The molecular weight excluding hydrogens is 184 g/mol. The minimum absolute atomic E-state index is 0.385. The minimum Gasteiger partial charge on any atom is -0.411 e. The Kier molecular flexibility index (Phi) is 2.90. The normalized spacial score (nSPS) is 11.4. The monoisotopic (exact) mass is 194 g/mol. The molecule has 0 spiro atoms. The van der Waals surface area contributed by atoms with Gasteiger partial charge in [-0.25, -0.2) is 0 Å². The summed E-state index contributed by atoms with van der Waals surface area (Å²) in [5.41, 5.74) is 12.9. The molecule has 0 saturated carbocycles. The highest BCUT2D eigenvalue weighted by atomic mass is 16.4. The fourth-order valence-corrected chi connectivity index (χ4v) is 1.02. The second-order valence-corrected chi connectivity index (χ2v) is 2.60. The van der Waals surface area contributed by atoms with Crippen molar-refractivity contribution in [3.05, 3.63) is 23.3 Å². The third-order valence-electron chi connectivity index (χ3n) is 1.68. The molecule has 1 rings (SSSR count). The molecule has 0 bridgehead atoms. The van der Waals surface area contributed by atoms with Crippen molar-refractivity contribution in [2.75, 3.05) is 11.5 Å². The summed E-state index contributed by atoms with van der Waals surface area (Å²) in [6.07, 6.45) is 2.34. The number of hydrogen-bond donors (Lipinski definition) is 4. The molecule has 6 N–H and O–H groups in total. The number of oxime groups is 2. The first-order valence-corrected chi connectivity index (χ1v) is 3.73. The van der Waals surface area contributed by atoms with Crippen LogP contribution in [0, 0.1) is 0 Å². The van der Waals surface area contributed by atoms with Gasteiger partial charge in [0, 0.05) is 22.5 Å². The number of nitrogens with two attached hydrogens (primary N) is 2. The van der Waals surface area contributed by atoms with Gasteiger partial charge in [0.25, 0.3) is 0 Å². The zero-order valence-corrected chi connectivity index (χ0v) is 7.25. The number of hydrogen-bond acceptors (Lipinski definition) is 6. The standard InChI is InChI=1S/C8H10N4O2/c9-7-2-8(10)6(4-12-14)1-5(7)3-11-13/h1-4,13-14H,9-10H2/b11-3+,12-4+. The summed E-state index contributed by atoms with van der Waals surface area (Å²) in [5.74, 6) is 0. The Labute approximate surface area is 80.1 Å². The fourth-order valence-electron chi connectivity index (χ4n) is 1.02. The maximum absolute atomic E-state index is 8.33. The first-order chi connectivity index (χ1) is 6.69. The Morgan fingerprint density at radius 1 is 0.929 bits per heavy atom. The highest BCUT2D eigenvalue weighted by molar-refractivity contribution is 5.95. The second-order valence-electron chi connectivity index (χ2n) is 2.60. The van der Waals surface area contributed by atoms with Crippen LogP contribution in [0.15, 0.2) is 22.4 Å². The van der Waals surface area contributed by atoms with E-state index >= 15 is 0 Å². The Morgan fingerprint density at radius 3 is 1.71 bits per heavy atom. The zero-order valence-electron chi connectivity index (χ0n) is 7.25. The maximum Gasteiger partial charge on any atom is 0.0754 e. The van der Waals surface area contributed by atoms with Crippen LogP contribution in [0.1, 0.15) is 11.1 Å². The molecule has 0 aromatic heterocycles. The lowest BCUT2D eigenvalue weighted by Gasteiger charge is -2.04. The average molecular weight is 194 g/mol. The van der Waals surface area contributed by atoms with Gasteiger partial charge in [-0.05, 0) is 12.1 Å². The molecule has 0 aliphatic heterocycles. The van der Waals surface area contributed by atoms with Crippen LogP contribution in [0.2, 0.25) is 0 Å². The van der Waals surface area contributed by atoms with Gasteiger partial charge in [0.2, 0.25) is 0 Å². The topological polar surface area (TPSA) is 117 Å². The maximum atomic E-state index is 8.33. The first-order valence-electron chi connectivity index (χ1n) is 3.73. The van der Waals surface area contributed by atoms with Crippen molar-refractivity contribution in [2.24, 2.45) is 10.3 Å². The van der Waals surface area contributed by atoms with Crippen molar-refractivity contribution in [3.8, 4) is 0 Å².